The summed E-state index contributed by atoms with van der Waals surface area (Å²) < 4.78 is 33.4. The van der Waals surface area contributed by atoms with Crippen LogP contribution < -0.4 is 0 Å². The molecule has 0 heterocycles. The number of rotatable bonds is 38. The summed E-state index contributed by atoms with van der Waals surface area (Å²) in [5, 5.41) is 60.0. The topological polar surface area (TPSA) is 230 Å². The van der Waals surface area contributed by atoms with Crippen LogP contribution in [0.4, 0.5) is 0 Å². The summed E-state index contributed by atoms with van der Waals surface area (Å²) in [6, 6.07) is 0. The molecule has 0 aromatic rings. The van der Waals surface area contributed by atoms with Crippen molar-refractivity contribution in [2.45, 2.75) is 198 Å². The first-order chi connectivity index (χ1) is 31.8. The number of hydrogen-bond acceptors (Lipinski definition) is 13. The van der Waals surface area contributed by atoms with Crippen molar-refractivity contribution >= 4 is 19.8 Å². The predicted molar refractivity (Wildman–Crippen MR) is 259 cm³/mol. The maximum atomic E-state index is 12.8. The van der Waals surface area contributed by atoms with Crippen LogP contribution in [0.2, 0.25) is 0 Å². The van der Waals surface area contributed by atoms with E-state index >= 15 is 0 Å². The van der Waals surface area contributed by atoms with E-state index in [1.165, 1.54) is 19.3 Å². The van der Waals surface area contributed by atoms with Crippen LogP contribution in [0.1, 0.15) is 149 Å². The zero-order chi connectivity index (χ0) is 48.7. The third kappa shape index (κ3) is 31.7. The Morgan fingerprint density at radius 1 is 0.530 bits per heavy atom. The number of allylic oxidation sites excluding steroid dienone is 15. The van der Waals surface area contributed by atoms with Crippen LogP contribution in [0.15, 0.2) is 97.2 Å². The molecule has 1 rings (SSSR count). The Hall–Kier alpha value is -3.27. The van der Waals surface area contributed by atoms with E-state index in [2.05, 4.69) is 80.7 Å². The molecule has 0 saturated heterocycles. The minimum absolute atomic E-state index is 0.00914. The lowest BCUT2D eigenvalue weighted by atomic mass is 9.85. The summed E-state index contributed by atoms with van der Waals surface area (Å²) in [5.74, 6) is -1.23. The second-order valence-electron chi connectivity index (χ2n) is 16.4. The van der Waals surface area contributed by atoms with Gasteiger partial charge in [-0.1, -0.05) is 143 Å². The van der Waals surface area contributed by atoms with Crippen molar-refractivity contribution in [1.29, 1.82) is 0 Å². The van der Waals surface area contributed by atoms with Crippen molar-refractivity contribution in [2.75, 3.05) is 13.2 Å². The second kappa shape index (κ2) is 39.7. The van der Waals surface area contributed by atoms with Gasteiger partial charge in [0.25, 0.3) is 0 Å². The molecular formula is C51H83O14P. The van der Waals surface area contributed by atoms with Crippen LogP contribution in [0.25, 0.3) is 0 Å². The maximum Gasteiger partial charge on any atom is 0.472 e. The summed E-state index contributed by atoms with van der Waals surface area (Å²) in [5.41, 5.74) is 0. The van der Waals surface area contributed by atoms with Crippen LogP contribution in [0.3, 0.4) is 0 Å². The molecule has 1 saturated carbocycles. The number of unbranched alkanes of at least 4 members (excludes halogenated alkanes) is 8. The number of phosphoric ester groups is 1. The molecule has 3 unspecified atom stereocenters. The molecular weight excluding hydrogens is 868 g/mol. The standard InChI is InChI=1S/C51H83O14P/c1-3-5-7-8-9-10-11-12-13-14-15-16-17-18-22-25-28-31-34-38-44(53)62-40-43(41-63-66(60,61)65-51-49(58)47(56)46(55)48(57)50(51)59)64-45(54)39-35-32-29-26-23-20-19-21-24-27-30-33-37-42(52)36-6-4-2/h9-10,12-13,15-16,18-20,22,24,26-27,29,33,37,42-43,46-52,55-59H,3-8,11,14,17,21,23,25,28,30-32,34-36,38-41H2,1-2H3,(H,60,61)/b10-9-,13-12-,16-15-,20-19-,22-18-,27-24-,29-26-,37-33-/t42-,43-,46?,47-,48+,49-,50-,51?/m1/s1. The average Bonchev–Trinajstić information content (AvgIpc) is 3.30. The van der Waals surface area contributed by atoms with Crippen LogP contribution in [-0.2, 0) is 32.7 Å². The van der Waals surface area contributed by atoms with E-state index in [4.69, 9.17) is 18.5 Å². The number of hydrogen-bond donors (Lipinski definition) is 7. The fourth-order valence-electron chi connectivity index (χ4n) is 6.52. The lowest BCUT2D eigenvalue weighted by molar-refractivity contribution is -0.220. The SMILES string of the molecule is CCCCC/C=C\C/C=C\C/C=C\C/C=C\CCCCCC(=O)OC[C@H](COP(=O)(O)OC1[C@H](O)[C@H](O)C(O)[C@H](O)[C@H]1O)OC(=O)CCC/C=C\C/C=C\C/C=C\C/C=C\[C@H](O)CCCC. The monoisotopic (exact) mass is 951 g/mol. The molecule has 1 fully saturated rings. The van der Waals surface area contributed by atoms with Gasteiger partial charge in [-0.25, -0.2) is 4.57 Å². The number of carbonyl (C=O) groups is 2. The van der Waals surface area contributed by atoms with Crippen molar-refractivity contribution < 1.29 is 68.2 Å². The zero-order valence-corrected chi connectivity index (χ0v) is 40.4. The highest BCUT2D eigenvalue weighted by molar-refractivity contribution is 7.47. The maximum absolute atomic E-state index is 12.8. The summed E-state index contributed by atoms with van der Waals surface area (Å²) in [7, 11) is -5.16. The lowest BCUT2D eigenvalue weighted by Gasteiger charge is -2.41. The average molecular weight is 951 g/mol. The van der Waals surface area contributed by atoms with Gasteiger partial charge in [0, 0.05) is 12.8 Å². The van der Waals surface area contributed by atoms with Gasteiger partial charge in [-0.05, 0) is 89.9 Å². The van der Waals surface area contributed by atoms with Crippen molar-refractivity contribution in [1.82, 2.24) is 0 Å². The molecule has 0 spiro atoms. The molecule has 0 aromatic heterocycles. The van der Waals surface area contributed by atoms with Crippen molar-refractivity contribution in [2.24, 2.45) is 0 Å². The molecule has 0 aliphatic heterocycles. The summed E-state index contributed by atoms with van der Waals surface area (Å²) in [6.45, 7) is 3.03. The van der Waals surface area contributed by atoms with Crippen molar-refractivity contribution in [3.8, 4) is 0 Å². The molecule has 66 heavy (non-hydrogen) atoms. The fourth-order valence-corrected chi connectivity index (χ4v) is 7.49. The van der Waals surface area contributed by atoms with Gasteiger partial charge < -0.3 is 45.0 Å². The van der Waals surface area contributed by atoms with Gasteiger partial charge >= 0.3 is 19.8 Å². The molecule has 0 amide bonds. The van der Waals surface area contributed by atoms with Gasteiger partial charge in [0.15, 0.2) is 6.10 Å². The summed E-state index contributed by atoms with van der Waals surface area (Å²) in [4.78, 5) is 35.7. The van der Waals surface area contributed by atoms with Gasteiger partial charge in [0.05, 0.1) is 12.7 Å². The number of aliphatic hydroxyl groups excluding tert-OH is 6. The van der Waals surface area contributed by atoms with E-state index in [1.807, 2.05) is 30.4 Å². The number of aliphatic hydroxyl groups is 6. The van der Waals surface area contributed by atoms with Gasteiger partial charge in [-0.3, -0.25) is 18.6 Å². The highest BCUT2D eigenvalue weighted by Gasteiger charge is 2.51. The zero-order valence-electron chi connectivity index (χ0n) is 39.6. The van der Waals surface area contributed by atoms with Gasteiger partial charge in [-0.15, -0.1) is 0 Å². The van der Waals surface area contributed by atoms with Crippen LogP contribution in [0, 0.1) is 0 Å². The van der Waals surface area contributed by atoms with Crippen LogP contribution in [-0.4, -0.2) is 110 Å². The Labute approximate surface area is 394 Å². The first kappa shape index (κ1) is 60.7. The summed E-state index contributed by atoms with van der Waals surface area (Å²) in [6.07, 6.45) is 36.5. The molecule has 0 radical (unpaired) electrons. The Morgan fingerprint density at radius 2 is 0.970 bits per heavy atom. The molecule has 376 valence electrons. The largest absolute Gasteiger partial charge is 0.472 e. The van der Waals surface area contributed by atoms with E-state index in [-0.39, 0.29) is 18.9 Å². The fraction of sp³-hybridized carbons (Fsp3) is 0.647. The molecule has 0 bridgehead atoms. The molecule has 14 nitrogen and oxygen atoms in total. The first-order valence-corrected chi connectivity index (χ1v) is 25.6. The number of esters is 2. The van der Waals surface area contributed by atoms with Crippen LogP contribution >= 0.6 is 7.82 Å². The second-order valence-corrected chi connectivity index (χ2v) is 17.8. The van der Waals surface area contributed by atoms with E-state index in [9.17, 15) is 49.7 Å². The first-order valence-electron chi connectivity index (χ1n) is 24.1. The highest BCUT2D eigenvalue weighted by atomic mass is 31.2. The molecule has 0 aromatic carbocycles. The minimum atomic E-state index is -5.16. The predicted octanol–water partition coefficient (Wildman–Crippen LogP) is 8.80. The van der Waals surface area contributed by atoms with E-state index < -0.39 is 75.7 Å². The number of carbonyl (C=O) groups excluding carboxylic acids is 2. The van der Waals surface area contributed by atoms with Gasteiger partial charge in [0.1, 0.15) is 43.2 Å². The van der Waals surface area contributed by atoms with Gasteiger partial charge in [-0.2, -0.15) is 0 Å². The Bertz CT molecular complexity index is 1540. The van der Waals surface area contributed by atoms with Crippen LogP contribution in [0.5, 0.6) is 0 Å². The van der Waals surface area contributed by atoms with Crippen molar-refractivity contribution in [3.63, 3.8) is 0 Å². The Kier molecular flexibility index (Phi) is 36.5. The molecule has 15 heteroatoms. The third-order valence-corrected chi connectivity index (χ3v) is 11.5. The summed E-state index contributed by atoms with van der Waals surface area (Å²) >= 11 is 0. The van der Waals surface area contributed by atoms with E-state index in [1.54, 1.807) is 0 Å². The number of phosphoric acid groups is 1. The molecule has 9 atom stereocenters. The minimum Gasteiger partial charge on any atom is -0.462 e. The normalized spacial score (nSPS) is 22.6. The quantitative estimate of drug-likeness (QED) is 0.0133. The third-order valence-electron chi connectivity index (χ3n) is 10.5. The molecule has 1 aliphatic carbocycles. The highest BCUT2D eigenvalue weighted by Crippen LogP contribution is 2.47. The smallest absolute Gasteiger partial charge is 0.462 e. The van der Waals surface area contributed by atoms with Crippen molar-refractivity contribution in [3.05, 3.63) is 97.2 Å². The van der Waals surface area contributed by atoms with E-state index in [0.717, 1.165) is 77.0 Å². The molecule has 7 N–H and O–H groups in total. The lowest BCUT2D eigenvalue weighted by Crippen LogP contribution is -2.64. The van der Waals surface area contributed by atoms with Gasteiger partial charge in [0.2, 0.25) is 0 Å². The number of ether oxygens (including phenoxy) is 2. The Morgan fingerprint density at radius 3 is 1.48 bits per heavy atom. The Balaban J connectivity index is 2.53. The van der Waals surface area contributed by atoms with E-state index in [0.29, 0.717) is 25.7 Å². The molecule has 1 aliphatic rings.